The third-order valence-electron chi connectivity index (χ3n) is 3.11. The zero-order valence-corrected chi connectivity index (χ0v) is 13.7. The van der Waals surface area contributed by atoms with Crippen LogP contribution < -0.4 is 20.1 Å². The Morgan fingerprint density at radius 1 is 0.708 bits per heavy atom. The summed E-state index contributed by atoms with van der Waals surface area (Å²) in [5, 5.41) is 5.13. The molecule has 6 nitrogen and oxygen atoms in total. The second kappa shape index (κ2) is 8.57. The van der Waals surface area contributed by atoms with Crippen LogP contribution in [0.5, 0.6) is 11.5 Å². The molecular formula is C18H20N2O4. The van der Waals surface area contributed by atoms with E-state index in [9.17, 15) is 9.59 Å². The maximum absolute atomic E-state index is 11.4. The van der Waals surface area contributed by atoms with E-state index in [1.165, 1.54) is 0 Å². The maximum Gasteiger partial charge on any atom is 0.412 e. The van der Waals surface area contributed by atoms with Gasteiger partial charge in [0.05, 0.1) is 0 Å². The van der Waals surface area contributed by atoms with E-state index in [1.54, 1.807) is 24.3 Å². The molecule has 0 aliphatic rings. The molecule has 0 aromatic heterocycles. The minimum absolute atomic E-state index is 0.473. The summed E-state index contributed by atoms with van der Waals surface area (Å²) in [5.74, 6) is 0.946. The van der Waals surface area contributed by atoms with E-state index in [-0.39, 0.29) is 0 Å². The van der Waals surface area contributed by atoms with Crippen LogP contribution in [0.15, 0.2) is 48.5 Å². The third-order valence-corrected chi connectivity index (χ3v) is 3.11. The van der Waals surface area contributed by atoms with Crippen LogP contribution in [0, 0.1) is 0 Å². The van der Waals surface area contributed by atoms with Gasteiger partial charge in [0.15, 0.2) is 0 Å². The standard InChI is InChI=1S/C18H20N2O4/c1-3-19-17(21)23-15-9-5-13(6-10-15)14-7-11-16(12-8-14)24-18(22)20-4-2/h5-12H,3-4H2,1-2H3,(H,19,21)(H,20,22). The predicted octanol–water partition coefficient (Wildman–Crippen LogP) is 3.57. The van der Waals surface area contributed by atoms with Gasteiger partial charge >= 0.3 is 12.2 Å². The largest absolute Gasteiger partial charge is 0.412 e. The summed E-state index contributed by atoms with van der Waals surface area (Å²) in [5.41, 5.74) is 1.92. The average molecular weight is 328 g/mol. The maximum atomic E-state index is 11.4. The van der Waals surface area contributed by atoms with Crippen molar-refractivity contribution in [3.05, 3.63) is 48.5 Å². The van der Waals surface area contributed by atoms with Crippen molar-refractivity contribution >= 4 is 12.2 Å². The Labute approximate surface area is 140 Å². The van der Waals surface area contributed by atoms with Gasteiger partial charge in [-0.2, -0.15) is 0 Å². The quantitative estimate of drug-likeness (QED) is 0.879. The minimum atomic E-state index is -0.475. The van der Waals surface area contributed by atoms with Crippen molar-refractivity contribution in [3.8, 4) is 22.6 Å². The van der Waals surface area contributed by atoms with Gasteiger partial charge in [0.25, 0.3) is 0 Å². The van der Waals surface area contributed by atoms with E-state index in [0.29, 0.717) is 24.6 Å². The van der Waals surface area contributed by atoms with Crippen molar-refractivity contribution in [3.63, 3.8) is 0 Å². The number of benzene rings is 2. The molecule has 0 bridgehead atoms. The molecule has 0 radical (unpaired) electrons. The number of amides is 2. The molecule has 6 heteroatoms. The van der Waals surface area contributed by atoms with Crippen LogP contribution in [0.1, 0.15) is 13.8 Å². The molecule has 2 aromatic carbocycles. The van der Waals surface area contributed by atoms with Gasteiger partial charge in [-0.1, -0.05) is 24.3 Å². The van der Waals surface area contributed by atoms with E-state index in [0.717, 1.165) is 11.1 Å². The third kappa shape index (κ3) is 5.01. The number of rotatable bonds is 5. The van der Waals surface area contributed by atoms with Crippen LogP contribution >= 0.6 is 0 Å². The average Bonchev–Trinajstić information content (AvgIpc) is 2.57. The Bertz CT molecular complexity index is 620. The van der Waals surface area contributed by atoms with Crippen LogP contribution in [-0.4, -0.2) is 25.3 Å². The highest BCUT2D eigenvalue weighted by atomic mass is 16.6. The zero-order valence-electron chi connectivity index (χ0n) is 13.7. The molecule has 0 fully saturated rings. The fourth-order valence-corrected chi connectivity index (χ4v) is 2.01. The molecule has 0 aliphatic heterocycles. The lowest BCUT2D eigenvalue weighted by Crippen LogP contribution is -2.26. The summed E-state index contributed by atoms with van der Waals surface area (Å²) in [6, 6.07) is 14.3. The molecule has 0 unspecified atom stereocenters. The van der Waals surface area contributed by atoms with Crippen molar-refractivity contribution in [1.82, 2.24) is 10.6 Å². The van der Waals surface area contributed by atoms with Crippen LogP contribution in [0.2, 0.25) is 0 Å². The molecule has 0 saturated carbocycles. The predicted molar refractivity (Wildman–Crippen MR) is 91.3 cm³/mol. The van der Waals surface area contributed by atoms with Gasteiger partial charge in [-0.05, 0) is 49.2 Å². The molecule has 126 valence electrons. The zero-order chi connectivity index (χ0) is 17.4. The van der Waals surface area contributed by atoms with Gasteiger partial charge in [0.2, 0.25) is 0 Å². The lowest BCUT2D eigenvalue weighted by atomic mass is 10.1. The summed E-state index contributed by atoms with van der Waals surface area (Å²) in [6.45, 7) is 4.68. The van der Waals surface area contributed by atoms with E-state index >= 15 is 0 Å². The highest BCUT2D eigenvalue weighted by Gasteiger charge is 2.05. The van der Waals surface area contributed by atoms with Gasteiger partial charge < -0.3 is 20.1 Å². The number of ether oxygens (including phenoxy) is 2. The molecule has 0 heterocycles. The number of carbonyl (C=O) groups excluding carboxylic acids is 2. The summed E-state index contributed by atoms with van der Waals surface area (Å²) in [4.78, 5) is 22.7. The smallest absolute Gasteiger partial charge is 0.410 e. The lowest BCUT2D eigenvalue weighted by molar-refractivity contribution is 0.200. The van der Waals surface area contributed by atoms with Gasteiger partial charge in [-0.3, -0.25) is 0 Å². The molecule has 24 heavy (non-hydrogen) atoms. The van der Waals surface area contributed by atoms with Gasteiger partial charge in [0.1, 0.15) is 11.5 Å². The first-order valence-corrected chi connectivity index (χ1v) is 7.74. The molecule has 2 aromatic rings. The first-order valence-electron chi connectivity index (χ1n) is 7.74. The summed E-state index contributed by atoms with van der Waals surface area (Å²) in [6.07, 6.45) is -0.950. The van der Waals surface area contributed by atoms with Crippen molar-refractivity contribution in [1.29, 1.82) is 0 Å². The molecule has 0 saturated heterocycles. The second-order valence-electron chi connectivity index (χ2n) is 4.89. The normalized spacial score (nSPS) is 9.92. The first kappa shape index (κ1) is 17.3. The molecule has 2 amide bonds. The minimum Gasteiger partial charge on any atom is -0.410 e. The van der Waals surface area contributed by atoms with Crippen molar-refractivity contribution in [2.75, 3.05) is 13.1 Å². The van der Waals surface area contributed by atoms with E-state index in [1.807, 2.05) is 38.1 Å². The fourth-order valence-electron chi connectivity index (χ4n) is 2.01. The summed E-state index contributed by atoms with van der Waals surface area (Å²) < 4.78 is 10.2. The van der Waals surface area contributed by atoms with Crippen molar-refractivity contribution < 1.29 is 19.1 Å². The van der Waals surface area contributed by atoms with Gasteiger partial charge in [0, 0.05) is 13.1 Å². The number of carbonyl (C=O) groups is 2. The molecule has 0 atom stereocenters. The van der Waals surface area contributed by atoms with Crippen LogP contribution in [0.3, 0.4) is 0 Å². The number of hydrogen-bond donors (Lipinski definition) is 2. The number of nitrogens with one attached hydrogen (secondary N) is 2. The molecule has 2 N–H and O–H groups in total. The molecule has 0 aliphatic carbocycles. The SMILES string of the molecule is CCNC(=O)Oc1ccc(-c2ccc(OC(=O)NCC)cc2)cc1. The first-order chi connectivity index (χ1) is 11.6. The fraction of sp³-hybridized carbons (Fsp3) is 0.222. The lowest BCUT2D eigenvalue weighted by Gasteiger charge is -2.08. The monoisotopic (exact) mass is 328 g/mol. The Kier molecular flexibility index (Phi) is 6.19. The van der Waals surface area contributed by atoms with Crippen molar-refractivity contribution in [2.45, 2.75) is 13.8 Å². The van der Waals surface area contributed by atoms with Crippen LogP contribution in [0.25, 0.3) is 11.1 Å². The Balaban J connectivity index is 2.01. The summed E-state index contributed by atoms with van der Waals surface area (Å²) in [7, 11) is 0. The van der Waals surface area contributed by atoms with Crippen LogP contribution in [0.4, 0.5) is 9.59 Å². The molecule has 2 rings (SSSR count). The number of hydrogen-bond acceptors (Lipinski definition) is 4. The summed E-state index contributed by atoms with van der Waals surface area (Å²) >= 11 is 0. The highest BCUT2D eigenvalue weighted by Crippen LogP contribution is 2.24. The Hall–Kier alpha value is -3.02. The van der Waals surface area contributed by atoms with E-state index in [2.05, 4.69) is 10.6 Å². The van der Waals surface area contributed by atoms with Gasteiger partial charge in [-0.15, -0.1) is 0 Å². The molecular weight excluding hydrogens is 308 g/mol. The topological polar surface area (TPSA) is 76.7 Å². The Morgan fingerprint density at radius 2 is 1.04 bits per heavy atom. The second-order valence-corrected chi connectivity index (χ2v) is 4.89. The Morgan fingerprint density at radius 3 is 1.33 bits per heavy atom. The van der Waals surface area contributed by atoms with E-state index in [4.69, 9.17) is 9.47 Å². The van der Waals surface area contributed by atoms with Gasteiger partial charge in [-0.25, -0.2) is 9.59 Å². The van der Waals surface area contributed by atoms with E-state index < -0.39 is 12.2 Å². The highest BCUT2D eigenvalue weighted by molar-refractivity contribution is 5.72. The van der Waals surface area contributed by atoms with Crippen molar-refractivity contribution in [2.24, 2.45) is 0 Å². The van der Waals surface area contributed by atoms with Crippen LogP contribution in [-0.2, 0) is 0 Å². The molecule has 0 spiro atoms.